The molecule has 1 aliphatic carbocycles. The predicted molar refractivity (Wildman–Crippen MR) is 92.5 cm³/mol. The van der Waals surface area contributed by atoms with Gasteiger partial charge in [0.1, 0.15) is 23.8 Å². The van der Waals surface area contributed by atoms with Gasteiger partial charge in [-0.25, -0.2) is 8.78 Å². The first kappa shape index (κ1) is 18.9. The second-order valence-electron chi connectivity index (χ2n) is 7.27. The molecule has 1 aliphatic heterocycles. The van der Waals surface area contributed by atoms with Gasteiger partial charge in [0.15, 0.2) is 0 Å². The largest absolute Gasteiger partial charge is 0.480 e. The van der Waals surface area contributed by atoms with E-state index in [-0.39, 0.29) is 24.6 Å². The molecule has 0 bridgehead atoms. The van der Waals surface area contributed by atoms with Crippen LogP contribution in [0.2, 0.25) is 0 Å². The topological polar surface area (TPSA) is 88.7 Å². The molecule has 9 heteroatoms. The zero-order chi connectivity index (χ0) is 19.7. The Morgan fingerprint density at radius 3 is 2.61 bits per heavy atom. The molecule has 0 amide bonds. The molecule has 7 nitrogen and oxygen atoms in total. The van der Waals surface area contributed by atoms with Crippen LogP contribution in [0.3, 0.4) is 0 Å². The number of carbonyl (C=O) groups is 1. The van der Waals surface area contributed by atoms with Crippen molar-refractivity contribution in [3.8, 4) is 0 Å². The molecule has 1 saturated heterocycles. The lowest BCUT2D eigenvalue weighted by molar-refractivity contribution is -0.147. The third kappa shape index (κ3) is 3.90. The highest BCUT2D eigenvalue weighted by Crippen LogP contribution is 2.34. The van der Waals surface area contributed by atoms with E-state index in [1.165, 1.54) is 0 Å². The summed E-state index contributed by atoms with van der Waals surface area (Å²) in [5.41, 5.74) is 0.0467. The number of benzene rings is 1. The van der Waals surface area contributed by atoms with E-state index in [0.717, 1.165) is 37.8 Å². The number of aliphatic carboxylic acids is 1. The smallest absolute Gasteiger partial charge is 0.325 e. The minimum absolute atomic E-state index is 0.0467. The van der Waals surface area contributed by atoms with Crippen molar-refractivity contribution in [1.29, 1.82) is 0 Å². The van der Waals surface area contributed by atoms with Gasteiger partial charge in [-0.2, -0.15) is 4.98 Å². The van der Waals surface area contributed by atoms with Crippen LogP contribution in [0.25, 0.3) is 0 Å². The first-order valence-corrected chi connectivity index (χ1v) is 9.39. The Labute approximate surface area is 160 Å². The van der Waals surface area contributed by atoms with Crippen LogP contribution in [0, 0.1) is 11.6 Å². The van der Waals surface area contributed by atoms with Gasteiger partial charge in [-0.3, -0.25) is 9.69 Å². The van der Waals surface area contributed by atoms with E-state index in [2.05, 4.69) is 10.1 Å². The van der Waals surface area contributed by atoms with E-state index < -0.39 is 29.7 Å². The number of hydrogen-bond acceptors (Lipinski definition) is 6. The first-order valence-electron chi connectivity index (χ1n) is 9.39. The van der Waals surface area contributed by atoms with Gasteiger partial charge in [-0.05, 0) is 30.5 Å². The average molecular weight is 393 g/mol. The average Bonchev–Trinajstić information content (AvgIpc) is 3.33. The maximum atomic E-state index is 13.6. The Kier molecular flexibility index (Phi) is 5.36. The summed E-state index contributed by atoms with van der Waals surface area (Å²) in [6, 6.07) is 1.60. The normalized spacial score (nSPS) is 22.4. The molecule has 2 aromatic rings. The maximum Gasteiger partial charge on any atom is 0.325 e. The lowest BCUT2D eigenvalue weighted by Gasteiger charge is -2.35. The Bertz CT molecular complexity index is 833. The Balaban J connectivity index is 1.54. The van der Waals surface area contributed by atoms with Crippen LogP contribution >= 0.6 is 0 Å². The molecule has 2 aliphatic rings. The minimum Gasteiger partial charge on any atom is -0.480 e. The molecule has 2 unspecified atom stereocenters. The van der Waals surface area contributed by atoms with Crippen molar-refractivity contribution in [3.63, 3.8) is 0 Å². The van der Waals surface area contributed by atoms with Crippen LogP contribution in [-0.4, -0.2) is 45.8 Å². The van der Waals surface area contributed by atoms with Crippen LogP contribution < -0.4 is 0 Å². The van der Waals surface area contributed by atoms with Crippen molar-refractivity contribution < 1.29 is 27.9 Å². The Hall–Kier alpha value is -2.39. The van der Waals surface area contributed by atoms with Crippen LogP contribution in [0.5, 0.6) is 0 Å². The summed E-state index contributed by atoms with van der Waals surface area (Å²) in [5.74, 6) is -1.58. The summed E-state index contributed by atoms with van der Waals surface area (Å²) < 4.78 is 38.3. The number of halogens is 2. The SMILES string of the molecule is O=C(O)C(c1cc(F)cc(F)c1)N1CCOC(c2noc(C3CCCC3)n2)C1. The number of rotatable bonds is 5. The van der Waals surface area contributed by atoms with Crippen LogP contribution in [0.15, 0.2) is 22.7 Å². The van der Waals surface area contributed by atoms with Gasteiger partial charge in [-0.1, -0.05) is 18.0 Å². The molecule has 2 atom stereocenters. The van der Waals surface area contributed by atoms with Gasteiger partial charge >= 0.3 is 5.97 Å². The van der Waals surface area contributed by atoms with Crippen molar-refractivity contribution >= 4 is 5.97 Å². The summed E-state index contributed by atoms with van der Waals surface area (Å²) in [4.78, 5) is 17.9. The molecule has 2 fully saturated rings. The summed E-state index contributed by atoms with van der Waals surface area (Å²) in [7, 11) is 0. The van der Waals surface area contributed by atoms with Gasteiger partial charge in [0.2, 0.25) is 11.7 Å². The summed E-state index contributed by atoms with van der Waals surface area (Å²) in [6.45, 7) is 0.733. The number of hydrogen-bond donors (Lipinski definition) is 1. The Morgan fingerprint density at radius 2 is 1.93 bits per heavy atom. The van der Waals surface area contributed by atoms with Gasteiger partial charge < -0.3 is 14.4 Å². The molecular formula is C19H21F2N3O4. The number of carboxylic acid groups (broad SMARTS) is 1. The number of carboxylic acids is 1. The molecule has 1 aromatic heterocycles. The number of aromatic nitrogens is 2. The summed E-state index contributed by atoms with van der Waals surface area (Å²) in [6.07, 6.45) is 3.76. The minimum atomic E-state index is -1.20. The third-order valence-electron chi connectivity index (χ3n) is 5.35. The molecule has 1 saturated carbocycles. The van der Waals surface area contributed by atoms with Crippen LogP contribution in [-0.2, 0) is 9.53 Å². The van der Waals surface area contributed by atoms with Gasteiger partial charge in [-0.15, -0.1) is 0 Å². The maximum absolute atomic E-state index is 13.6. The molecule has 2 heterocycles. The molecule has 1 aromatic carbocycles. The Morgan fingerprint density at radius 1 is 1.21 bits per heavy atom. The van der Waals surface area contributed by atoms with Gasteiger partial charge in [0.25, 0.3) is 0 Å². The first-order chi connectivity index (χ1) is 13.5. The lowest BCUT2D eigenvalue weighted by atomic mass is 10.0. The highest BCUT2D eigenvalue weighted by Gasteiger charge is 2.35. The molecule has 150 valence electrons. The van der Waals surface area contributed by atoms with E-state index in [4.69, 9.17) is 9.26 Å². The second kappa shape index (κ2) is 7.92. The molecule has 0 spiro atoms. The number of nitrogens with zero attached hydrogens (tertiary/aromatic N) is 3. The molecular weight excluding hydrogens is 372 g/mol. The fourth-order valence-corrected chi connectivity index (χ4v) is 4.02. The highest BCUT2D eigenvalue weighted by molar-refractivity contribution is 5.75. The van der Waals surface area contributed by atoms with Crippen molar-refractivity contribution in [2.75, 3.05) is 19.7 Å². The zero-order valence-corrected chi connectivity index (χ0v) is 15.2. The quantitative estimate of drug-likeness (QED) is 0.834. The van der Waals surface area contributed by atoms with Crippen molar-refractivity contribution in [2.24, 2.45) is 0 Å². The molecule has 28 heavy (non-hydrogen) atoms. The summed E-state index contributed by atoms with van der Waals surface area (Å²) in [5, 5.41) is 13.7. The fourth-order valence-electron chi connectivity index (χ4n) is 4.02. The van der Waals surface area contributed by atoms with Gasteiger partial charge in [0.05, 0.1) is 6.61 Å². The van der Waals surface area contributed by atoms with E-state index in [1.807, 2.05) is 0 Å². The number of ether oxygens (including phenoxy) is 1. The molecule has 1 N–H and O–H groups in total. The number of morpholine rings is 1. The third-order valence-corrected chi connectivity index (χ3v) is 5.35. The van der Waals surface area contributed by atoms with E-state index >= 15 is 0 Å². The zero-order valence-electron chi connectivity index (χ0n) is 15.2. The summed E-state index contributed by atoms with van der Waals surface area (Å²) >= 11 is 0. The van der Waals surface area contributed by atoms with E-state index in [1.54, 1.807) is 4.90 Å². The van der Waals surface area contributed by atoms with Gasteiger partial charge in [0, 0.05) is 25.1 Å². The van der Waals surface area contributed by atoms with Crippen molar-refractivity contribution in [2.45, 2.75) is 43.7 Å². The fraction of sp³-hybridized carbons (Fsp3) is 0.526. The molecule has 0 radical (unpaired) electrons. The standard InChI is InChI=1S/C19H21F2N3O4/c20-13-7-12(8-14(21)9-13)16(19(25)26)24-5-6-27-15(10-24)17-22-18(28-23-17)11-3-1-2-4-11/h7-9,11,15-16H,1-6,10H2,(H,25,26). The van der Waals surface area contributed by atoms with Crippen molar-refractivity contribution in [3.05, 3.63) is 47.1 Å². The predicted octanol–water partition coefficient (Wildman–Crippen LogP) is 3.20. The van der Waals surface area contributed by atoms with E-state index in [9.17, 15) is 18.7 Å². The highest BCUT2D eigenvalue weighted by atomic mass is 19.1. The monoisotopic (exact) mass is 393 g/mol. The van der Waals surface area contributed by atoms with Crippen molar-refractivity contribution in [1.82, 2.24) is 15.0 Å². The second-order valence-corrected chi connectivity index (χ2v) is 7.27. The van der Waals surface area contributed by atoms with Crippen LogP contribution in [0.1, 0.15) is 61.0 Å². The van der Waals surface area contributed by atoms with Crippen LogP contribution in [0.4, 0.5) is 8.78 Å². The molecule has 4 rings (SSSR count). The lowest BCUT2D eigenvalue weighted by Crippen LogP contribution is -2.43. The van der Waals surface area contributed by atoms with E-state index in [0.29, 0.717) is 24.3 Å².